The smallest absolute Gasteiger partial charge is 0.104 e. The van der Waals surface area contributed by atoms with Crippen LogP contribution >= 0.6 is 0 Å². The van der Waals surface area contributed by atoms with Gasteiger partial charge in [-0.05, 0) is 6.54 Å². The lowest BCUT2D eigenvalue weighted by Crippen LogP contribution is -2.18. The van der Waals surface area contributed by atoms with Gasteiger partial charge in [0.25, 0.3) is 0 Å². The van der Waals surface area contributed by atoms with E-state index in [2.05, 4.69) is 12.2 Å². The Balaban J connectivity index is 1.71. The highest BCUT2D eigenvalue weighted by atomic mass is 16.6. The highest BCUT2D eigenvalue weighted by Gasteiger charge is 2.21. The molecule has 1 heterocycles. The molecule has 1 aliphatic heterocycles. The summed E-state index contributed by atoms with van der Waals surface area (Å²) in [7, 11) is 0. The summed E-state index contributed by atoms with van der Waals surface area (Å²) in [5, 5.41) is 3.05. The summed E-state index contributed by atoms with van der Waals surface area (Å²) in [5.74, 6) is 0. The summed E-state index contributed by atoms with van der Waals surface area (Å²) in [6.45, 7) is 5.29. The molecule has 0 amide bonds. The Hall–Kier alpha value is -0.120. The molecule has 0 saturated carbocycles. The summed E-state index contributed by atoms with van der Waals surface area (Å²) in [5.41, 5.74) is 0. The van der Waals surface area contributed by atoms with Gasteiger partial charge in [0.1, 0.15) is 6.10 Å². The summed E-state index contributed by atoms with van der Waals surface area (Å²) in [4.78, 5) is 0. The van der Waals surface area contributed by atoms with Crippen molar-refractivity contribution in [1.29, 1.82) is 0 Å². The number of rotatable bonds is 5. The SMILES string of the molecule is CCNCOCC1CO1. The molecule has 0 aromatic carbocycles. The fourth-order valence-electron chi connectivity index (χ4n) is 0.529. The molecular weight excluding hydrogens is 118 g/mol. The number of epoxide rings is 1. The van der Waals surface area contributed by atoms with Crippen molar-refractivity contribution in [1.82, 2.24) is 5.32 Å². The second-order valence-corrected chi connectivity index (χ2v) is 2.07. The Morgan fingerprint density at radius 3 is 3.11 bits per heavy atom. The van der Waals surface area contributed by atoms with Gasteiger partial charge in [-0.15, -0.1) is 0 Å². The van der Waals surface area contributed by atoms with Crippen LogP contribution in [0.3, 0.4) is 0 Å². The molecule has 0 aromatic rings. The summed E-state index contributed by atoms with van der Waals surface area (Å²) in [6.07, 6.45) is 0.392. The Morgan fingerprint density at radius 2 is 2.56 bits per heavy atom. The van der Waals surface area contributed by atoms with Crippen LogP contribution in [-0.4, -0.2) is 32.6 Å². The van der Waals surface area contributed by atoms with Crippen molar-refractivity contribution in [2.24, 2.45) is 0 Å². The Kier molecular flexibility index (Phi) is 2.97. The fourth-order valence-corrected chi connectivity index (χ4v) is 0.529. The van der Waals surface area contributed by atoms with Gasteiger partial charge in [0.05, 0.1) is 19.9 Å². The fraction of sp³-hybridized carbons (Fsp3) is 1.00. The molecule has 0 radical (unpaired) electrons. The molecule has 1 unspecified atom stereocenters. The molecule has 0 spiro atoms. The number of nitrogens with one attached hydrogen (secondary N) is 1. The molecule has 1 fully saturated rings. The summed E-state index contributed by atoms with van der Waals surface area (Å²) in [6, 6.07) is 0. The van der Waals surface area contributed by atoms with Crippen LogP contribution in [0.25, 0.3) is 0 Å². The van der Waals surface area contributed by atoms with Crippen LogP contribution in [0.2, 0.25) is 0 Å². The lowest BCUT2D eigenvalue weighted by molar-refractivity contribution is 0.102. The molecule has 0 aliphatic carbocycles. The second kappa shape index (κ2) is 3.82. The minimum atomic E-state index is 0.392. The number of ether oxygens (including phenoxy) is 2. The van der Waals surface area contributed by atoms with Gasteiger partial charge in [-0.25, -0.2) is 0 Å². The molecule has 1 aliphatic rings. The quantitative estimate of drug-likeness (QED) is 0.323. The highest BCUT2D eigenvalue weighted by Crippen LogP contribution is 2.07. The first-order chi connectivity index (χ1) is 4.43. The van der Waals surface area contributed by atoms with Gasteiger partial charge in [-0.1, -0.05) is 6.92 Å². The van der Waals surface area contributed by atoms with Crippen molar-refractivity contribution in [2.45, 2.75) is 13.0 Å². The predicted molar refractivity (Wildman–Crippen MR) is 34.2 cm³/mol. The van der Waals surface area contributed by atoms with Crippen molar-refractivity contribution < 1.29 is 9.47 Å². The summed E-state index contributed by atoms with van der Waals surface area (Å²) < 4.78 is 10.1. The topological polar surface area (TPSA) is 33.8 Å². The van der Waals surface area contributed by atoms with Gasteiger partial charge in [-0.2, -0.15) is 0 Å². The van der Waals surface area contributed by atoms with Crippen LogP contribution in [0, 0.1) is 0 Å². The van der Waals surface area contributed by atoms with E-state index in [1.807, 2.05) is 0 Å². The van der Waals surface area contributed by atoms with Crippen molar-refractivity contribution >= 4 is 0 Å². The second-order valence-electron chi connectivity index (χ2n) is 2.07. The van der Waals surface area contributed by atoms with Crippen LogP contribution in [0.1, 0.15) is 6.92 Å². The zero-order valence-corrected chi connectivity index (χ0v) is 5.72. The molecule has 1 saturated heterocycles. The Morgan fingerprint density at radius 1 is 1.78 bits per heavy atom. The molecule has 0 aromatic heterocycles. The van der Waals surface area contributed by atoms with E-state index in [0.29, 0.717) is 12.8 Å². The van der Waals surface area contributed by atoms with E-state index < -0.39 is 0 Å². The lowest BCUT2D eigenvalue weighted by Gasteiger charge is -2.00. The zero-order valence-electron chi connectivity index (χ0n) is 5.72. The number of hydrogen-bond donors (Lipinski definition) is 1. The third-order valence-electron chi connectivity index (χ3n) is 1.16. The van der Waals surface area contributed by atoms with Gasteiger partial charge < -0.3 is 9.47 Å². The van der Waals surface area contributed by atoms with Crippen LogP contribution in [0.5, 0.6) is 0 Å². The largest absolute Gasteiger partial charge is 0.371 e. The standard InChI is InChI=1S/C6H13NO2/c1-2-7-5-8-3-6-4-9-6/h6-7H,2-5H2,1H3. The van der Waals surface area contributed by atoms with Crippen LogP contribution in [0.15, 0.2) is 0 Å². The monoisotopic (exact) mass is 131 g/mol. The van der Waals surface area contributed by atoms with E-state index in [1.165, 1.54) is 0 Å². The first-order valence-electron chi connectivity index (χ1n) is 3.33. The molecule has 54 valence electrons. The van der Waals surface area contributed by atoms with Crippen molar-refractivity contribution in [3.8, 4) is 0 Å². The molecular formula is C6H13NO2. The predicted octanol–water partition coefficient (Wildman–Crippen LogP) is -0.0312. The molecule has 1 rings (SSSR count). The third-order valence-corrected chi connectivity index (χ3v) is 1.16. The van der Waals surface area contributed by atoms with E-state index in [4.69, 9.17) is 9.47 Å². The van der Waals surface area contributed by atoms with Gasteiger partial charge in [0.2, 0.25) is 0 Å². The summed E-state index contributed by atoms with van der Waals surface area (Å²) >= 11 is 0. The molecule has 3 heteroatoms. The van der Waals surface area contributed by atoms with E-state index >= 15 is 0 Å². The maximum atomic E-state index is 5.16. The van der Waals surface area contributed by atoms with Crippen LogP contribution < -0.4 is 5.32 Å². The van der Waals surface area contributed by atoms with E-state index in [-0.39, 0.29) is 0 Å². The Labute approximate surface area is 55.3 Å². The maximum Gasteiger partial charge on any atom is 0.104 e. The number of hydrogen-bond acceptors (Lipinski definition) is 3. The molecule has 9 heavy (non-hydrogen) atoms. The molecule has 1 N–H and O–H groups in total. The van der Waals surface area contributed by atoms with Gasteiger partial charge in [0.15, 0.2) is 0 Å². The molecule has 1 atom stereocenters. The van der Waals surface area contributed by atoms with E-state index in [9.17, 15) is 0 Å². The Bertz CT molecular complexity index is 73.5. The highest BCUT2D eigenvalue weighted by molar-refractivity contribution is 4.66. The average Bonchev–Trinajstić information content (AvgIpc) is 2.63. The van der Waals surface area contributed by atoms with Gasteiger partial charge in [0, 0.05) is 0 Å². The zero-order chi connectivity index (χ0) is 6.53. The van der Waals surface area contributed by atoms with Crippen LogP contribution in [-0.2, 0) is 9.47 Å². The van der Waals surface area contributed by atoms with E-state index in [0.717, 1.165) is 19.8 Å². The third kappa shape index (κ3) is 3.46. The van der Waals surface area contributed by atoms with Crippen molar-refractivity contribution in [2.75, 3.05) is 26.5 Å². The lowest BCUT2D eigenvalue weighted by atomic mass is 10.5. The molecule has 0 bridgehead atoms. The van der Waals surface area contributed by atoms with Crippen molar-refractivity contribution in [3.05, 3.63) is 0 Å². The first kappa shape index (κ1) is 6.99. The average molecular weight is 131 g/mol. The minimum absolute atomic E-state index is 0.392. The van der Waals surface area contributed by atoms with Crippen LogP contribution in [0.4, 0.5) is 0 Å². The van der Waals surface area contributed by atoms with Crippen molar-refractivity contribution in [3.63, 3.8) is 0 Å². The van der Waals surface area contributed by atoms with Gasteiger partial charge >= 0.3 is 0 Å². The van der Waals surface area contributed by atoms with E-state index in [1.54, 1.807) is 0 Å². The first-order valence-corrected chi connectivity index (χ1v) is 3.33. The minimum Gasteiger partial charge on any atom is -0.371 e. The maximum absolute atomic E-state index is 5.16. The van der Waals surface area contributed by atoms with Gasteiger partial charge in [-0.3, -0.25) is 5.32 Å². The molecule has 3 nitrogen and oxygen atoms in total. The normalized spacial score (nSPS) is 24.3.